The molecule has 1 aromatic carbocycles. The van der Waals surface area contributed by atoms with E-state index in [0.29, 0.717) is 6.32 Å². The summed E-state index contributed by atoms with van der Waals surface area (Å²) < 4.78 is 0. The second-order valence-electron chi connectivity index (χ2n) is 2.50. The topological polar surface area (TPSA) is 40.5 Å². The van der Waals surface area contributed by atoms with Crippen molar-refractivity contribution in [2.45, 2.75) is 12.7 Å². The van der Waals surface area contributed by atoms with Crippen molar-refractivity contribution in [2.75, 3.05) is 0 Å². The van der Waals surface area contributed by atoms with E-state index in [0.717, 1.165) is 12.0 Å². The second-order valence-corrected chi connectivity index (χ2v) is 2.50. The fourth-order valence-corrected chi connectivity index (χ4v) is 0.940. The maximum atomic E-state index is 8.57. The van der Waals surface area contributed by atoms with Crippen LogP contribution in [0.2, 0.25) is 6.32 Å². The van der Waals surface area contributed by atoms with Gasteiger partial charge in [0.1, 0.15) is 0 Å². The predicted octanol–water partition coefficient (Wildman–Crippen LogP) is 1.12. The third-order valence-electron chi connectivity index (χ3n) is 1.53. The molecule has 4 heteroatoms. The van der Waals surface area contributed by atoms with Gasteiger partial charge in [-0.3, -0.25) is 0 Å². The van der Waals surface area contributed by atoms with Gasteiger partial charge < -0.3 is 10.0 Å². The molecule has 0 aromatic heterocycles. The lowest BCUT2D eigenvalue weighted by Gasteiger charge is -1.98. The Morgan fingerprint density at radius 2 is 1.67 bits per heavy atom. The van der Waals surface area contributed by atoms with Gasteiger partial charge in [0.25, 0.3) is 0 Å². The Morgan fingerprint density at radius 1 is 1.08 bits per heavy atom. The number of halogens is 1. The molecule has 2 N–H and O–H groups in total. The van der Waals surface area contributed by atoms with Crippen LogP contribution in [0.1, 0.15) is 5.56 Å². The molecule has 0 unspecified atom stereocenters. The Labute approximate surface area is 78.8 Å². The molecule has 12 heavy (non-hydrogen) atoms. The zero-order valence-corrected chi connectivity index (χ0v) is 7.50. The largest absolute Gasteiger partial charge is 0.451 e. The van der Waals surface area contributed by atoms with E-state index < -0.39 is 7.12 Å². The molecule has 0 atom stereocenters. The molecule has 0 spiro atoms. The average molecular weight is 186 g/mol. The molecular weight excluding hydrogens is 174 g/mol. The van der Waals surface area contributed by atoms with E-state index in [2.05, 4.69) is 0 Å². The minimum atomic E-state index is -1.18. The minimum absolute atomic E-state index is 0. The maximum absolute atomic E-state index is 8.57. The highest BCUT2D eigenvalue weighted by atomic mass is 35.5. The van der Waals surface area contributed by atoms with E-state index in [1.165, 1.54) is 0 Å². The zero-order chi connectivity index (χ0) is 8.10. The molecular formula is C8H12BClO2. The highest BCUT2D eigenvalue weighted by Crippen LogP contribution is 2.02. The third-order valence-corrected chi connectivity index (χ3v) is 1.53. The monoisotopic (exact) mass is 186 g/mol. The molecule has 0 aliphatic rings. The zero-order valence-electron chi connectivity index (χ0n) is 6.68. The van der Waals surface area contributed by atoms with Crippen molar-refractivity contribution < 1.29 is 10.0 Å². The van der Waals surface area contributed by atoms with Crippen LogP contribution in [0.5, 0.6) is 0 Å². The highest BCUT2D eigenvalue weighted by molar-refractivity contribution is 6.40. The molecule has 0 aliphatic heterocycles. The summed E-state index contributed by atoms with van der Waals surface area (Å²) in [7, 11) is -1.18. The van der Waals surface area contributed by atoms with Crippen molar-refractivity contribution in [2.24, 2.45) is 0 Å². The molecule has 0 fully saturated rings. The fourth-order valence-electron chi connectivity index (χ4n) is 0.940. The van der Waals surface area contributed by atoms with Gasteiger partial charge in [0.2, 0.25) is 0 Å². The number of hydrogen-bond acceptors (Lipinski definition) is 2. The summed E-state index contributed by atoms with van der Waals surface area (Å²) in [5.74, 6) is 0. The van der Waals surface area contributed by atoms with Crippen LogP contribution in [-0.2, 0) is 6.42 Å². The molecule has 0 radical (unpaired) electrons. The van der Waals surface area contributed by atoms with Gasteiger partial charge in [-0.05, 0) is 18.3 Å². The van der Waals surface area contributed by atoms with Gasteiger partial charge >= 0.3 is 7.12 Å². The SMILES string of the molecule is Cl.OB(O)CCc1ccccc1. The third kappa shape index (κ3) is 4.39. The lowest BCUT2D eigenvalue weighted by atomic mass is 9.83. The maximum Gasteiger partial charge on any atom is 0.451 e. The highest BCUT2D eigenvalue weighted by Gasteiger charge is 2.05. The van der Waals surface area contributed by atoms with Gasteiger partial charge in [-0.25, -0.2) is 0 Å². The summed E-state index contributed by atoms with van der Waals surface area (Å²) in [4.78, 5) is 0. The van der Waals surface area contributed by atoms with E-state index in [-0.39, 0.29) is 12.4 Å². The van der Waals surface area contributed by atoms with Gasteiger partial charge in [-0.2, -0.15) is 0 Å². The van der Waals surface area contributed by atoms with Crippen LogP contribution >= 0.6 is 12.4 Å². The van der Waals surface area contributed by atoms with Crippen molar-refractivity contribution in [3.8, 4) is 0 Å². The Kier molecular flexibility index (Phi) is 5.81. The first-order chi connectivity index (χ1) is 5.29. The summed E-state index contributed by atoms with van der Waals surface area (Å²) in [6, 6.07) is 9.78. The van der Waals surface area contributed by atoms with Crippen LogP contribution in [-0.4, -0.2) is 17.2 Å². The van der Waals surface area contributed by atoms with Crippen LogP contribution in [0.3, 0.4) is 0 Å². The van der Waals surface area contributed by atoms with Crippen LogP contribution < -0.4 is 0 Å². The van der Waals surface area contributed by atoms with Crippen molar-refractivity contribution >= 4 is 19.5 Å². The normalized spacial score (nSPS) is 8.83. The van der Waals surface area contributed by atoms with E-state index in [4.69, 9.17) is 10.0 Å². The molecule has 1 rings (SSSR count). The average Bonchev–Trinajstić information content (AvgIpc) is 2.03. The minimum Gasteiger partial charge on any atom is -0.427 e. The molecule has 1 aromatic rings. The van der Waals surface area contributed by atoms with Crippen LogP contribution in [0.15, 0.2) is 30.3 Å². The Balaban J connectivity index is 0.00000121. The van der Waals surface area contributed by atoms with Gasteiger partial charge in [-0.1, -0.05) is 30.3 Å². The van der Waals surface area contributed by atoms with Gasteiger partial charge in [0.15, 0.2) is 0 Å². The second kappa shape index (κ2) is 6.06. The van der Waals surface area contributed by atoms with E-state index in [9.17, 15) is 0 Å². The first-order valence-corrected chi connectivity index (χ1v) is 3.69. The lowest BCUT2D eigenvalue weighted by Crippen LogP contribution is -2.10. The summed E-state index contributed by atoms with van der Waals surface area (Å²) >= 11 is 0. The van der Waals surface area contributed by atoms with Crippen LogP contribution in [0, 0.1) is 0 Å². The molecule has 0 aliphatic carbocycles. The first-order valence-electron chi connectivity index (χ1n) is 3.69. The molecule has 0 bridgehead atoms. The summed E-state index contributed by atoms with van der Waals surface area (Å²) in [5.41, 5.74) is 1.14. The molecule has 0 heterocycles. The van der Waals surface area contributed by atoms with Gasteiger partial charge in [0.05, 0.1) is 0 Å². The fraction of sp³-hybridized carbons (Fsp3) is 0.250. The van der Waals surface area contributed by atoms with Crippen molar-refractivity contribution in [1.29, 1.82) is 0 Å². The van der Waals surface area contributed by atoms with E-state index in [1.807, 2.05) is 30.3 Å². The molecule has 0 amide bonds. The van der Waals surface area contributed by atoms with Crippen LogP contribution in [0.25, 0.3) is 0 Å². The Hall–Kier alpha value is -0.505. The number of hydrogen-bond donors (Lipinski definition) is 2. The Morgan fingerprint density at radius 3 is 2.17 bits per heavy atom. The van der Waals surface area contributed by atoms with Gasteiger partial charge in [-0.15, -0.1) is 12.4 Å². The smallest absolute Gasteiger partial charge is 0.427 e. The summed E-state index contributed by atoms with van der Waals surface area (Å²) in [6.45, 7) is 0. The number of benzene rings is 1. The molecule has 2 nitrogen and oxygen atoms in total. The quantitative estimate of drug-likeness (QED) is 0.695. The van der Waals surface area contributed by atoms with Crippen molar-refractivity contribution in [3.63, 3.8) is 0 Å². The van der Waals surface area contributed by atoms with Crippen molar-refractivity contribution in [1.82, 2.24) is 0 Å². The standard InChI is InChI=1S/C8H11BO2.ClH/c10-9(11)7-6-8-4-2-1-3-5-8;/h1-5,10-11H,6-7H2;1H. The molecule has 0 saturated carbocycles. The molecule has 66 valence electrons. The Bertz CT molecular complexity index is 203. The number of rotatable bonds is 3. The van der Waals surface area contributed by atoms with Crippen LogP contribution in [0.4, 0.5) is 0 Å². The van der Waals surface area contributed by atoms with Gasteiger partial charge in [0, 0.05) is 0 Å². The summed E-state index contributed by atoms with van der Waals surface area (Å²) in [6.07, 6.45) is 1.13. The van der Waals surface area contributed by atoms with E-state index in [1.54, 1.807) is 0 Å². The number of aryl methyl sites for hydroxylation is 1. The van der Waals surface area contributed by atoms with Crippen molar-refractivity contribution in [3.05, 3.63) is 35.9 Å². The first kappa shape index (κ1) is 11.5. The predicted molar refractivity (Wildman–Crippen MR) is 52.4 cm³/mol. The molecule has 0 saturated heterocycles. The van der Waals surface area contributed by atoms with E-state index >= 15 is 0 Å². The lowest BCUT2D eigenvalue weighted by molar-refractivity contribution is 0.405. The summed E-state index contributed by atoms with van der Waals surface area (Å²) in [5, 5.41) is 17.1.